The van der Waals surface area contributed by atoms with Gasteiger partial charge in [-0.2, -0.15) is 4.98 Å². The smallest absolute Gasteiger partial charge is 0.257 e. The summed E-state index contributed by atoms with van der Waals surface area (Å²) in [5.41, 5.74) is 1.80. The number of hydrogen-bond donors (Lipinski definition) is 0. The Morgan fingerprint density at radius 1 is 1.19 bits per heavy atom. The lowest BCUT2D eigenvalue weighted by Crippen LogP contribution is -2.30. The Morgan fingerprint density at radius 2 is 1.96 bits per heavy atom. The molecular formula is C21H21N3O3. The number of ether oxygens (including phenoxy) is 1. The molecule has 27 heavy (non-hydrogen) atoms. The zero-order valence-electron chi connectivity index (χ0n) is 15.2. The second-order valence-electron chi connectivity index (χ2n) is 6.64. The molecule has 1 aliphatic rings. The molecule has 1 saturated heterocycles. The third-order valence-electron chi connectivity index (χ3n) is 4.90. The SMILES string of the molecule is COc1ccccc1CC(=O)N1CCC(c2noc(-c3ccccc3)n2)C1. The fourth-order valence-corrected chi connectivity index (χ4v) is 3.42. The average molecular weight is 363 g/mol. The molecule has 2 heterocycles. The highest BCUT2D eigenvalue weighted by Crippen LogP contribution is 2.28. The zero-order chi connectivity index (χ0) is 18.6. The van der Waals surface area contributed by atoms with Gasteiger partial charge in [0.25, 0.3) is 5.89 Å². The number of aromatic nitrogens is 2. The molecule has 1 amide bonds. The van der Waals surface area contributed by atoms with Crippen LogP contribution in [0, 0.1) is 0 Å². The van der Waals surface area contributed by atoms with E-state index >= 15 is 0 Å². The number of carbonyl (C=O) groups excluding carboxylic acids is 1. The van der Waals surface area contributed by atoms with Crippen molar-refractivity contribution in [2.24, 2.45) is 0 Å². The maximum atomic E-state index is 12.7. The van der Waals surface area contributed by atoms with Gasteiger partial charge in [0.15, 0.2) is 5.82 Å². The molecule has 1 unspecified atom stereocenters. The molecule has 3 aromatic rings. The Balaban J connectivity index is 1.41. The molecule has 138 valence electrons. The first-order valence-electron chi connectivity index (χ1n) is 9.03. The summed E-state index contributed by atoms with van der Waals surface area (Å²) in [5, 5.41) is 4.14. The van der Waals surface area contributed by atoms with E-state index in [2.05, 4.69) is 10.1 Å². The largest absolute Gasteiger partial charge is 0.496 e. The van der Waals surface area contributed by atoms with Gasteiger partial charge in [-0.15, -0.1) is 0 Å². The molecule has 6 nitrogen and oxygen atoms in total. The summed E-state index contributed by atoms with van der Waals surface area (Å²) in [5.74, 6) is 2.12. The molecule has 6 heteroatoms. The Morgan fingerprint density at radius 3 is 2.78 bits per heavy atom. The van der Waals surface area contributed by atoms with Crippen molar-refractivity contribution >= 4 is 5.91 Å². The fourth-order valence-electron chi connectivity index (χ4n) is 3.42. The Kier molecular flexibility index (Phi) is 4.87. The predicted octanol–water partition coefficient (Wildman–Crippen LogP) is 3.30. The molecule has 2 aromatic carbocycles. The highest BCUT2D eigenvalue weighted by molar-refractivity contribution is 5.80. The molecule has 0 aliphatic carbocycles. The van der Waals surface area contributed by atoms with Gasteiger partial charge in [0.05, 0.1) is 13.5 Å². The van der Waals surface area contributed by atoms with Crippen molar-refractivity contribution in [3.05, 3.63) is 66.0 Å². The van der Waals surface area contributed by atoms with E-state index in [1.54, 1.807) is 7.11 Å². The minimum atomic E-state index is 0.0915. The molecule has 1 aromatic heterocycles. The summed E-state index contributed by atoms with van der Waals surface area (Å²) in [6.45, 7) is 1.32. The number of likely N-dealkylation sites (tertiary alicyclic amines) is 1. The third kappa shape index (κ3) is 3.69. The van der Waals surface area contributed by atoms with Gasteiger partial charge < -0.3 is 14.2 Å². The van der Waals surface area contributed by atoms with Crippen LogP contribution < -0.4 is 4.74 Å². The first kappa shape index (κ1) is 17.3. The van der Waals surface area contributed by atoms with Crippen LogP contribution in [0.25, 0.3) is 11.5 Å². The highest BCUT2D eigenvalue weighted by Gasteiger charge is 2.30. The minimum Gasteiger partial charge on any atom is -0.496 e. The standard InChI is InChI=1S/C21H21N3O3/c1-26-18-10-6-5-9-16(18)13-19(25)24-12-11-17(14-24)20-22-21(27-23-20)15-7-3-2-4-8-15/h2-10,17H,11-14H2,1H3. The molecule has 0 N–H and O–H groups in total. The predicted molar refractivity (Wildman–Crippen MR) is 100 cm³/mol. The van der Waals surface area contributed by atoms with Crippen LogP contribution in [0.3, 0.4) is 0 Å². The normalized spacial score (nSPS) is 16.5. The fraction of sp³-hybridized carbons (Fsp3) is 0.286. The second-order valence-corrected chi connectivity index (χ2v) is 6.64. The van der Waals surface area contributed by atoms with E-state index in [0.29, 0.717) is 31.2 Å². The van der Waals surface area contributed by atoms with Gasteiger partial charge in [0.1, 0.15) is 5.75 Å². The number of methoxy groups -OCH3 is 1. The Labute approximate surface area is 157 Å². The first-order valence-corrected chi connectivity index (χ1v) is 9.03. The van der Waals surface area contributed by atoms with Gasteiger partial charge in [-0.25, -0.2) is 0 Å². The number of para-hydroxylation sites is 1. The van der Waals surface area contributed by atoms with E-state index in [1.165, 1.54) is 0 Å². The lowest BCUT2D eigenvalue weighted by molar-refractivity contribution is -0.129. The lowest BCUT2D eigenvalue weighted by Gasteiger charge is -2.17. The van der Waals surface area contributed by atoms with Crippen molar-refractivity contribution in [2.75, 3.05) is 20.2 Å². The first-order chi connectivity index (χ1) is 13.2. The number of benzene rings is 2. The van der Waals surface area contributed by atoms with E-state index < -0.39 is 0 Å². The minimum absolute atomic E-state index is 0.0915. The van der Waals surface area contributed by atoms with Crippen molar-refractivity contribution in [3.8, 4) is 17.2 Å². The van der Waals surface area contributed by atoms with Crippen LogP contribution in [0.15, 0.2) is 59.1 Å². The van der Waals surface area contributed by atoms with Gasteiger partial charge >= 0.3 is 0 Å². The monoisotopic (exact) mass is 363 g/mol. The molecule has 1 fully saturated rings. The van der Waals surface area contributed by atoms with Gasteiger partial charge in [0, 0.05) is 30.1 Å². The van der Waals surface area contributed by atoms with Crippen LogP contribution in [0.1, 0.15) is 23.7 Å². The van der Waals surface area contributed by atoms with Crippen LogP contribution in [0.5, 0.6) is 5.75 Å². The summed E-state index contributed by atoms with van der Waals surface area (Å²) in [7, 11) is 1.62. The van der Waals surface area contributed by atoms with Gasteiger partial charge in [-0.05, 0) is 24.6 Å². The third-order valence-corrected chi connectivity index (χ3v) is 4.90. The average Bonchev–Trinajstić information content (AvgIpc) is 3.39. The Bertz CT molecular complexity index is 923. The number of nitrogens with zero attached hydrogens (tertiary/aromatic N) is 3. The molecule has 4 rings (SSSR count). The van der Waals surface area contributed by atoms with Crippen molar-refractivity contribution < 1.29 is 14.1 Å². The molecule has 0 spiro atoms. The van der Waals surface area contributed by atoms with Crippen molar-refractivity contribution in [1.29, 1.82) is 0 Å². The van der Waals surface area contributed by atoms with E-state index in [0.717, 1.165) is 23.3 Å². The number of carbonyl (C=O) groups is 1. The molecule has 0 saturated carbocycles. The van der Waals surface area contributed by atoms with E-state index in [9.17, 15) is 4.79 Å². The topological polar surface area (TPSA) is 68.5 Å². The van der Waals surface area contributed by atoms with E-state index in [4.69, 9.17) is 9.26 Å². The molecule has 0 bridgehead atoms. The summed E-state index contributed by atoms with van der Waals surface area (Å²) < 4.78 is 10.7. The zero-order valence-corrected chi connectivity index (χ0v) is 15.2. The maximum Gasteiger partial charge on any atom is 0.257 e. The van der Waals surface area contributed by atoms with Gasteiger partial charge in [-0.3, -0.25) is 4.79 Å². The molecular weight excluding hydrogens is 342 g/mol. The van der Waals surface area contributed by atoms with Crippen LogP contribution in [0.4, 0.5) is 0 Å². The summed E-state index contributed by atoms with van der Waals surface area (Å²) >= 11 is 0. The summed E-state index contributed by atoms with van der Waals surface area (Å²) in [6, 6.07) is 17.3. The number of rotatable bonds is 5. The molecule has 1 atom stereocenters. The number of hydrogen-bond acceptors (Lipinski definition) is 5. The maximum absolute atomic E-state index is 12.7. The van der Waals surface area contributed by atoms with Crippen molar-refractivity contribution in [3.63, 3.8) is 0 Å². The van der Waals surface area contributed by atoms with E-state index in [-0.39, 0.29) is 11.8 Å². The molecule has 0 radical (unpaired) electrons. The van der Waals surface area contributed by atoms with Crippen LogP contribution >= 0.6 is 0 Å². The van der Waals surface area contributed by atoms with Crippen molar-refractivity contribution in [1.82, 2.24) is 15.0 Å². The lowest BCUT2D eigenvalue weighted by atomic mass is 10.1. The summed E-state index contributed by atoms with van der Waals surface area (Å²) in [4.78, 5) is 19.1. The van der Waals surface area contributed by atoms with Crippen LogP contribution in [-0.4, -0.2) is 41.1 Å². The van der Waals surface area contributed by atoms with Crippen LogP contribution in [0.2, 0.25) is 0 Å². The number of amides is 1. The van der Waals surface area contributed by atoms with Gasteiger partial charge in [0.2, 0.25) is 5.91 Å². The second kappa shape index (κ2) is 7.61. The quantitative estimate of drug-likeness (QED) is 0.696. The molecule has 1 aliphatic heterocycles. The van der Waals surface area contributed by atoms with Crippen LogP contribution in [-0.2, 0) is 11.2 Å². The summed E-state index contributed by atoms with van der Waals surface area (Å²) in [6.07, 6.45) is 1.17. The van der Waals surface area contributed by atoms with Gasteiger partial charge in [-0.1, -0.05) is 41.6 Å². The van der Waals surface area contributed by atoms with Crippen molar-refractivity contribution in [2.45, 2.75) is 18.8 Å². The van der Waals surface area contributed by atoms with E-state index in [1.807, 2.05) is 59.5 Å². The highest BCUT2D eigenvalue weighted by atomic mass is 16.5. The Hall–Kier alpha value is -3.15.